The number of hydrogen-bond acceptors (Lipinski definition) is 4. The average Bonchev–Trinajstić information content (AvgIpc) is 1.98. The van der Waals surface area contributed by atoms with Gasteiger partial charge in [0, 0.05) is 6.54 Å². The van der Waals surface area contributed by atoms with Gasteiger partial charge in [-0.25, -0.2) is 0 Å². The summed E-state index contributed by atoms with van der Waals surface area (Å²) in [6.45, 7) is 2.91. The summed E-state index contributed by atoms with van der Waals surface area (Å²) < 4.78 is 5.03. The molecular weight excluding hydrogens is 219 g/mol. The van der Waals surface area contributed by atoms with Crippen LogP contribution in [0.5, 0.6) is 0 Å². The first-order valence-electron chi connectivity index (χ1n) is 3.34. The molecule has 0 saturated heterocycles. The molecule has 0 radical (unpaired) electrons. The maximum Gasteiger partial charge on any atom is 0.176 e. The fourth-order valence-corrected chi connectivity index (χ4v) is 0.683. The Labute approximate surface area is 91.0 Å². The second-order valence-corrected chi connectivity index (χ2v) is 2.37. The molecule has 4 N–H and O–H groups in total. The minimum absolute atomic E-state index is 0. The van der Waals surface area contributed by atoms with Gasteiger partial charge in [-0.2, -0.15) is 0 Å². The van der Waals surface area contributed by atoms with Crippen molar-refractivity contribution in [2.45, 2.75) is 19.4 Å². The minimum Gasteiger partial charge on any atom is -0.484 e. The van der Waals surface area contributed by atoms with E-state index >= 15 is 0 Å². The van der Waals surface area contributed by atoms with E-state index in [4.69, 9.17) is 28.4 Å². The Kier molecular flexibility index (Phi) is 17.3. The van der Waals surface area contributed by atoms with Gasteiger partial charge in [0.25, 0.3) is 0 Å². The topological polar surface area (TPSA) is 61.3 Å². The van der Waals surface area contributed by atoms with E-state index in [2.05, 4.69) is 0 Å². The molecule has 0 bridgehead atoms. The molecule has 0 heterocycles. The summed E-state index contributed by atoms with van der Waals surface area (Å²) in [6.07, 6.45) is 0.809. The standard InChI is InChI=1S/C6H14N2OS.2ClH/c1-2-5(8)6(10)9-4-3-7;;/h5H,2-4,7-8H2,1H3;2*1H. The maximum atomic E-state index is 5.55. The van der Waals surface area contributed by atoms with E-state index < -0.39 is 0 Å². The van der Waals surface area contributed by atoms with Crippen LogP contribution in [0.25, 0.3) is 0 Å². The Balaban J connectivity index is -0.000000405. The summed E-state index contributed by atoms with van der Waals surface area (Å²) >= 11 is 4.84. The van der Waals surface area contributed by atoms with E-state index in [9.17, 15) is 0 Å². The molecule has 0 aromatic rings. The van der Waals surface area contributed by atoms with E-state index in [0.717, 1.165) is 6.42 Å². The molecule has 0 spiro atoms. The Morgan fingerprint density at radius 2 is 2.00 bits per heavy atom. The molecule has 3 nitrogen and oxygen atoms in total. The molecule has 0 aliphatic rings. The molecule has 0 amide bonds. The first kappa shape index (κ1) is 18.2. The van der Waals surface area contributed by atoms with Crippen LogP contribution in [0, 0.1) is 0 Å². The molecule has 1 unspecified atom stereocenters. The van der Waals surface area contributed by atoms with Gasteiger partial charge in [-0.15, -0.1) is 24.8 Å². The summed E-state index contributed by atoms with van der Waals surface area (Å²) in [7, 11) is 0. The van der Waals surface area contributed by atoms with Crippen molar-refractivity contribution in [3.63, 3.8) is 0 Å². The van der Waals surface area contributed by atoms with Gasteiger partial charge >= 0.3 is 0 Å². The highest BCUT2D eigenvalue weighted by Crippen LogP contribution is 1.92. The predicted octanol–water partition coefficient (Wildman–Crippen LogP) is 0.870. The SMILES string of the molecule is CCC(N)C(=S)OCCN.Cl.Cl. The Morgan fingerprint density at radius 1 is 1.50 bits per heavy atom. The molecular formula is C6H16Cl2N2OS. The molecule has 0 rings (SSSR count). The van der Waals surface area contributed by atoms with Crippen molar-refractivity contribution in [2.24, 2.45) is 11.5 Å². The Morgan fingerprint density at radius 3 is 2.33 bits per heavy atom. The molecule has 0 saturated carbocycles. The summed E-state index contributed by atoms with van der Waals surface area (Å²) in [5, 5.41) is 0.466. The van der Waals surface area contributed by atoms with Gasteiger partial charge in [-0.05, 0) is 18.6 Å². The molecule has 1 atom stereocenters. The van der Waals surface area contributed by atoms with Crippen molar-refractivity contribution in [3.05, 3.63) is 0 Å². The van der Waals surface area contributed by atoms with Crippen LogP contribution in [-0.2, 0) is 4.74 Å². The molecule has 76 valence electrons. The molecule has 0 aliphatic carbocycles. The zero-order valence-corrected chi connectivity index (χ0v) is 9.44. The molecule has 0 fully saturated rings. The number of nitrogens with two attached hydrogens (primary N) is 2. The van der Waals surface area contributed by atoms with Crippen molar-refractivity contribution in [2.75, 3.05) is 13.2 Å². The van der Waals surface area contributed by atoms with Gasteiger partial charge < -0.3 is 16.2 Å². The molecule has 12 heavy (non-hydrogen) atoms. The fraction of sp³-hybridized carbons (Fsp3) is 0.833. The summed E-state index contributed by atoms with van der Waals surface area (Å²) in [5.74, 6) is 0. The second-order valence-electron chi connectivity index (χ2n) is 1.97. The van der Waals surface area contributed by atoms with Crippen LogP contribution in [0.15, 0.2) is 0 Å². The third-order valence-electron chi connectivity index (χ3n) is 1.10. The molecule has 6 heteroatoms. The lowest BCUT2D eigenvalue weighted by molar-refractivity contribution is 0.309. The van der Waals surface area contributed by atoms with Gasteiger partial charge in [0.15, 0.2) is 5.05 Å². The molecule has 0 aromatic carbocycles. The van der Waals surface area contributed by atoms with Crippen molar-refractivity contribution in [1.82, 2.24) is 0 Å². The zero-order chi connectivity index (χ0) is 7.98. The lowest BCUT2D eigenvalue weighted by atomic mass is 10.3. The Hall–Kier alpha value is 0.390. The third kappa shape index (κ3) is 8.49. The van der Waals surface area contributed by atoms with Gasteiger partial charge in [0.05, 0.1) is 6.04 Å². The van der Waals surface area contributed by atoms with Crippen molar-refractivity contribution in [1.29, 1.82) is 0 Å². The summed E-state index contributed by atoms with van der Waals surface area (Å²) in [4.78, 5) is 0. The number of halogens is 2. The second kappa shape index (κ2) is 11.4. The van der Waals surface area contributed by atoms with Gasteiger partial charge in [0.2, 0.25) is 0 Å². The number of ether oxygens (including phenoxy) is 1. The lowest BCUT2D eigenvalue weighted by Gasteiger charge is -2.10. The van der Waals surface area contributed by atoms with Crippen molar-refractivity contribution < 1.29 is 4.74 Å². The van der Waals surface area contributed by atoms with Crippen LogP contribution in [0.3, 0.4) is 0 Å². The van der Waals surface area contributed by atoms with Crippen LogP contribution in [0.4, 0.5) is 0 Å². The first-order valence-corrected chi connectivity index (χ1v) is 3.75. The van der Waals surface area contributed by atoms with E-state index in [1.807, 2.05) is 6.92 Å². The normalized spacial score (nSPS) is 10.6. The van der Waals surface area contributed by atoms with E-state index in [0.29, 0.717) is 18.2 Å². The van der Waals surface area contributed by atoms with Gasteiger partial charge in [0.1, 0.15) is 6.61 Å². The van der Waals surface area contributed by atoms with Crippen LogP contribution in [0.1, 0.15) is 13.3 Å². The minimum atomic E-state index is -0.124. The number of thiocarbonyl (C=S) groups is 1. The number of rotatable bonds is 4. The summed E-state index contributed by atoms with van der Waals surface area (Å²) in [6, 6.07) is -0.124. The van der Waals surface area contributed by atoms with Crippen LogP contribution in [0.2, 0.25) is 0 Å². The maximum absolute atomic E-state index is 5.55. The first-order chi connectivity index (χ1) is 4.72. The lowest BCUT2D eigenvalue weighted by Crippen LogP contribution is -2.31. The fourth-order valence-electron chi connectivity index (χ4n) is 0.433. The molecule has 0 aromatic heterocycles. The third-order valence-corrected chi connectivity index (χ3v) is 1.53. The quantitative estimate of drug-likeness (QED) is 0.710. The highest BCUT2D eigenvalue weighted by molar-refractivity contribution is 7.80. The number of hydrogen-bond donors (Lipinski definition) is 2. The van der Waals surface area contributed by atoms with Crippen LogP contribution < -0.4 is 11.5 Å². The van der Waals surface area contributed by atoms with E-state index in [1.54, 1.807) is 0 Å². The van der Waals surface area contributed by atoms with Crippen molar-refractivity contribution >= 4 is 42.1 Å². The largest absolute Gasteiger partial charge is 0.484 e. The smallest absolute Gasteiger partial charge is 0.176 e. The summed E-state index contributed by atoms with van der Waals surface area (Å²) in [5.41, 5.74) is 10.7. The zero-order valence-electron chi connectivity index (χ0n) is 6.99. The Bertz CT molecular complexity index is 116. The van der Waals surface area contributed by atoms with Crippen molar-refractivity contribution in [3.8, 4) is 0 Å². The monoisotopic (exact) mass is 234 g/mol. The molecule has 0 aliphatic heterocycles. The van der Waals surface area contributed by atoms with Gasteiger partial charge in [-0.3, -0.25) is 0 Å². The highest BCUT2D eigenvalue weighted by Gasteiger charge is 2.05. The average molecular weight is 235 g/mol. The highest BCUT2D eigenvalue weighted by atomic mass is 35.5. The van der Waals surface area contributed by atoms with Crippen LogP contribution >= 0.6 is 37.0 Å². The predicted molar refractivity (Wildman–Crippen MR) is 60.4 cm³/mol. The van der Waals surface area contributed by atoms with E-state index in [1.165, 1.54) is 0 Å². The van der Waals surface area contributed by atoms with Gasteiger partial charge in [-0.1, -0.05) is 6.92 Å². The van der Waals surface area contributed by atoms with Crippen LogP contribution in [-0.4, -0.2) is 24.2 Å². The van der Waals surface area contributed by atoms with E-state index in [-0.39, 0.29) is 30.9 Å².